The van der Waals surface area contributed by atoms with Crippen molar-refractivity contribution in [3.05, 3.63) is 46.9 Å². The van der Waals surface area contributed by atoms with Crippen LogP contribution in [0.15, 0.2) is 28.7 Å². The van der Waals surface area contributed by atoms with Crippen molar-refractivity contribution >= 4 is 5.97 Å². The zero-order valence-electron chi connectivity index (χ0n) is 11.4. The van der Waals surface area contributed by atoms with E-state index in [0.717, 1.165) is 11.3 Å². The van der Waals surface area contributed by atoms with E-state index in [4.69, 9.17) is 18.6 Å². The van der Waals surface area contributed by atoms with Gasteiger partial charge < -0.3 is 18.6 Å². The molecule has 1 aromatic heterocycles. The lowest BCUT2D eigenvalue weighted by Crippen LogP contribution is -1.99. The topological polar surface area (TPSA) is 57.9 Å². The van der Waals surface area contributed by atoms with Crippen LogP contribution in [0.1, 0.15) is 33.5 Å². The standard InChI is InChI=1S/C15H14O5/c1-8-4-5-11(19-8)14-9-6-12(17-2)13(18-3)7-10(9)15(16)20-14/h4-7,14H,1-3H3. The van der Waals surface area contributed by atoms with Crippen LogP contribution in [0.5, 0.6) is 11.5 Å². The minimum absolute atomic E-state index is 0.389. The predicted octanol–water partition coefficient (Wildman–Crippen LogP) is 2.87. The summed E-state index contributed by atoms with van der Waals surface area (Å²) in [6.45, 7) is 1.84. The molecule has 1 aromatic carbocycles. The Balaban J connectivity index is 2.12. The lowest BCUT2D eigenvalue weighted by Gasteiger charge is -2.11. The summed E-state index contributed by atoms with van der Waals surface area (Å²) in [5, 5.41) is 0. The fourth-order valence-corrected chi connectivity index (χ4v) is 2.33. The molecule has 20 heavy (non-hydrogen) atoms. The Kier molecular flexibility index (Phi) is 2.89. The van der Waals surface area contributed by atoms with Gasteiger partial charge in [0.25, 0.3) is 0 Å². The van der Waals surface area contributed by atoms with Crippen LogP contribution in [-0.4, -0.2) is 20.2 Å². The summed E-state index contributed by atoms with van der Waals surface area (Å²) < 4.78 is 21.4. The van der Waals surface area contributed by atoms with Crippen LogP contribution in [0.3, 0.4) is 0 Å². The van der Waals surface area contributed by atoms with E-state index in [1.165, 1.54) is 7.11 Å². The van der Waals surface area contributed by atoms with Gasteiger partial charge >= 0.3 is 5.97 Å². The molecule has 0 amide bonds. The second kappa shape index (κ2) is 4.59. The number of methoxy groups -OCH3 is 2. The van der Waals surface area contributed by atoms with Gasteiger partial charge in [0, 0.05) is 5.56 Å². The molecule has 3 rings (SSSR count). The average Bonchev–Trinajstić information content (AvgIpc) is 3.01. The van der Waals surface area contributed by atoms with Crippen molar-refractivity contribution in [1.82, 2.24) is 0 Å². The number of ether oxygens (including phenoxy) is 3. The van der Waals surface area contributed by atoms with E-state index in [2.05, 4.69) is 0 Å². The molecular formula is C15H14O5. The Labute approximate surface area is 116 Å². The number of esters is 1. The SMILES string of the molecule is COc1cc2c(cc1OC)C(c1ccc(C)o1)OC2=O. The third kappa shape index (κ3) is 1.82. The summed E-state index contributed by atoms with van der Waals surface area (Å²) >= 11 is 0. The summed E-state index contributed by atoms with van der Waals surface area (Å²) in [7, 11) is 3.08. The summed E-state index contributed by atoms with van der Waals surface area (Å²) in [5.41, 5.74) is 1.20. The lowest BCUT2D eigenvalue weighted by molar-refractivity contribution is 0.0419. The monoisotopic (exact) mass is 274 g/mol. The van der Waals surface area contributed by atoms with Gasteiger partial charge in [-0.05, 0) is 31.2 Å². The molecule has 0 radical (unpaired) electrons. The number of carbonyl (C=O) groups is 1. The van der Waals surface area contributed by atoms with Gasteiger partial charge in [0.05, 0.1) is 19.8 Å². The third-order valence-corrected chi connectivity index (χ3v) is 3.30. The van der Waals surface area contributed by atoms with E-state index in [0.29, 0.717) is 22.8 Å². The quantitative estimate of drug-likeness (QED) is 0.805. The Bertz CT molecular complexity index is 671. The lowest BCUT2D eigenvalue weighted by atomic mass is 10.0. The van der Waals surface area contributed by atoms with Crippen LogP contribution in [0.25, 0.3) is 0 Å². The molecule has 2 heterocycles. The van der Waals surface area contributed by atoms with Crippen molar-refractivity contribution in [3.63, 3.8) is 0 Å². The number of fused-ring (bicyclic) bond motifs is 1. The maximum Gasteiger partial charge on any atom is 0.339 e. The van der Waals surface area contributed by atoms with E-state index in [-0.39, 0.29) is 5.97 Å². The molecule has 0 aliphatic carbocycles. The second-order valence-electron chi connectivity index (χ2n) is 4.53. The Morgan fingerprint density at radius 3 is 2.40 bits per heavy atom. The molecular weight excluding hydrogens is 260 g/mol. The van der Waals surface area contributed by atoms with E-state index >= 15 is 0 Å². The molecule has 0 bridgehead atoms. The highest BCUT2D eigenvalue weighted by Gasteiger charge is 2.35. The van der Waals surface area contributed by atoms with E-state index < -0.39 is 6.10 Å². The minimum atomic E-state index is -0.536. The van der Waals surface area contributed by atoms with Crippen molar-refractivity contribution in [3.8, 4) is 11.5 Å². The number of furan rings is 1. The number of hydrogen-bond acceptors (Lipinski definition) is 5. The first-order valence-corrected chi connectivity index (χ1v) is 6.17. The van der Waals surface area contributed by atoms with Gasteiger partial charge in [0.2, 0.25) is 0 Å². The molecule has 5 nitrogen and oxygen atoms in total. The number of benzene rings is 1. The molecule has 0 spiro atoms. The third-order valence-electron chi connectivity index (χ3n) is 3.30. The number of aryl methyl sites for hydroxylation is 1. The summed E-state index contributed by atoms with van der Waals surface area (Å²) in [4.78, 5) is 12.0. The number of rotatable bonds is 3. The van der Waals surface area contributed by atoms with Crippen molar-refractivity contribution in [2.45, 2.75) is 13.0 Å². The maximum absolute atomic E-state index is 12.0. The smallest absolute Gasteiger partial charge is 0.339 e. The molecule has 1 unspecified atom stereocenters. The fraction of sp³-hybridized carbons (Fsp3) is 0.267. The Morgan fingerprint density at radius 2 is 1.80 bits per heavy atom. The predicted molar refractivity (Wildman–Crippen MR) is 70.2 cm³/mol. The van der Waals surface area contributed by atoms with Gasteiger partial charge in [-0.15, -0.1) is 0 Å². The minimum Gasteiger partial charge on any atom is -0.493 e. The second-order valence-corrected chi connectivity index (χ2v) is 4.53. The highest BCUT2D eigenvalue weighted by Crippen LogP contribution is 2.42. The zero-order valence-corrected chi connectivity index (χ0v) is 11.4. The molecule has 0 fully saturated rings. The van der Waals surface area contributed by atoms with Gasteiger partial charge in [-0.25, -0.2) is 4.79 Å². The van der Waals surface area contributed by atoms with Crippen molar-refractivity contribution in [2.24, 2.45) is 0 Å². The molecule has 1 aliphatic rings. The molecule has 1 atom stereocenters. The molecule has 104 valence electrons. The highest BCUT2D eigenvalue weighted by atomic mass is 16.6. The van der Waals surface area contributed by atoms with E-state index in [1.807, 2.05) is 13.0 Å². The molecule has 2 aromatic rings. The zero-order chi connectivity index (χ0) is 14.3. The fourth-order valence-electron chi connectivity index (χ4n) is 2.33. The van der Waals surface area contributed by atoms with E-state index in [1.54, 1.807) is 25.3 Å². The summed E-state index contributed by atoms with van der Waals surface area (Å²) in [5.74, 6) is 2.03. The molecule has 0 saturated heterocycles. The summed E-state index contributed by atoms with van der Waals surface area (Å²) in [6, 6.07) is 7.02. The van der Waals surface area contributed by atoms with E-state index in [9.17, 15) is 4.79 Å². The first kappa shape index (κ1) is 12.6. The maximum atomic E-state index is 12.0. The van der Waals surface area contributed by atoms with Crippen LogP contribution < -0.4 is 9.47 Å². The van der Waals surface area contributed by atoms with Crippen molar-refractivity contribution < 1.29 is 23.4 Å². The average molecular weight is 274 g/mol. The van der Waals surface area contributed by atoms with Crippen molar-refractivity contribution in [1.29, 1.82) is 0 Å². The summed E-state index contributed by atoms with van der Waals surface area (Å²) in [6.07, 6.45) is -0.536. The normalized spacial score (nSPS) is 16.8. The Hall–Kier alpha value is -2.43. The van der Waals surface area contributed by atoms with Gasteiger partial charge in [0.1, 0.15) is 11.5 Å². The van der Waals surface area contributed by atoms with Crippen LogP contribution >= 0.6 is 0 Å². The van der Waals surface area contributed by atoms with Crippen LogP contribution in [0, 0.1) is 6.92 Å². The van der Waals surface area contributed by atoms with Gasteiger partial charge in [-0.1, -0.05) is 0 Å². The van der Waals surface area contributed by atoms with Gasteiger partial charge in [-0.2, -0.15) is 0 Å². The molecule has 5 heteroatoms. The van der Waals surface area contributed by atoms with Crippen LogP contribution in [0.2, 0.25) is 0 Å². The highest BCUT2D eigenvalue weighted by molar-refractivity contribution is 5.95. The largest absolute Gasteiger partial charge is 0.493 e. The first-order valence-electron chi connectivity index (χ1n) is 6.17. The number of hydrogen-bond donors (Lipinski definition) is 0. The molecule has 0 saturated carbocycles. The Morgan fingerprint density at radius 1 is 1.10 bits per heavy atom. The number of cyclic esters (lactones) is 1. The first-order chi connectivity index (χ1) is 9.63. The van der Waals surface area contributed by atoms with Crippen LogP contribution in [-0.2, 0) is 4.74 Å². The van der Waals surface area contributed by atoms with Crippen molar-refractivity contribution in [2.75, 3.05) is 14.2 Å². The van der Waals surface area contributed by atoms with Gasteiger partial charge in [0.15, 0.2) is 17.6 Å². The molecule has 1 aliphatic heterocycles. The number of carbonyl (C=O) groups excluding carboxylic acids is 1. The molecule has 0 N–H and O–H groups in total. The van der Waals surface area contributed by atoms with Gasteiger partial charge in [-0.3, -0.25) is 0 Å². The van der Waals surface area contributed by atoms with Crippen LogP contribution in [0.4, 0.5) is 0 Å².